The van der Waals surface area contributed by atoms with Crippen molar-refractivity contribution in [2.75, 3.05) is 7.11 Å². The number of methoxy groups -OCH3 is 1. The summed E-state index contributed by atoms with van der Waals surface area (Å²) in [7, 11) is 1.56. The van der Waals surface area contributed by atoms with Gasteiger partial charge >= 0.3 is 0 Å². The summed E-state index contributed by atoms with van der Waals surface area (Å²) in [5.74, 6) is 0.423. The minimum atomic E-state index is -0.203. The summed E-state index contributed by atoms with van der Waals surface area (Å²) in [6, 6.07) is 8.85. The number of benzene rings is 1. The lowest BCUT2D eigenvalue weighted by atomic mass is 10.2. The first-order valence-electron chi connectivity index (χ1n) is 6.81. The molecule has 0 aliphatic heterocycles. The van der Waals surface area contributed by atoms with Gasteiger partial charge in [-0.3, -0.25) is 4.79 Å². The van der Waals surface area contributed by atoms with E-state index in [2.05, 4.69) is 26.2 Å². The Hall–Kier alpha value is -2.05. The minimum absolute atomic E-state index is 0.203. The number of nitrogens with zero attached hydrogens (tertiary/aromatic N) is 2. The SMILES string of the molecule is COc1ccc(Br)c(C(=O)NCc2cn3cc(Cl)ccc3n2)c1. The van der Waals surface area contributed by atoms with Crippen molar-refractivity contribution in [2.45, 2.75) is 6.54 Å². The lowest BCUT2D eigenvalue weighted by Crippen LogP contribution is -2.23. The van der Waals surface area contributed by atoms with E-state index < -0.39 is 0 Å². The highest BCUT2D eigenvalue weighted by Crippen LogP contribution is 2.22. The first kappa shape index (κ1) is 15.8. The van der Waals surface area contributed by atoms with E-state index >= 15 is 0 Å². The number of nitrogens with one attached hydrogen (secondary N) is 1. The molecule has 0 saturated carbocycles. The van der Waals surface area contributed by atoms with Gasteiger partial charge in [0.15, 0.2) is 0 Å². The molecule has 2 aromatic heterocycles. The summed E-state index contributed by atoms with van der Waals surface area (Å²) in [6.45, 7) is 0.321. The zero-order valence-electron chi connectivity index (χ0n) is 12.2. The Morgan fingerprint density at radius 2 is 2.17 bits per heavy atom. The van der Waals surface area contributed by atoms with Gasteiger partial charge in [0.25, 0.3) is 5.91 Å². The molecule has 1 aromatic carbocycles. The van der Waals surface area contributed by atoms with Crippen molar-refractivity contribution in [1.29, 1.82) is 0 Å². The zero-order chi connectivity index (χ0) is 16.4. The van der Waals surface area contributed by atoms with Crippen molar-refractivity contribution in [3.63, 3.8) is 0 Å². The molecule has 0 bridgehead atoms. The van der Waals surface area contributed by atoms with E-state index in [0.717, 1.165) is 11.3 Å². The van der Waals surface area contributed by atoms with E-state index in [-0.39, 0.29) is 5.91 Å². The van der Waals surface area contributed by atoms with E-state index in [1.165, 1.54) is 0 Å². The zero-order valence-corrected chi connectivity index (χ0v) is 14.6. The summed E-state index contributed by atoms with van der Waals surface area (Å²) < 4.78 is 7.68. The van der Waals surface area contributed by atoms with Gasteiger partial charge in [-0.05, 0) is 46.3 Å². The molecule has 0 radical (unpaired) electrons. The second-order valence-electron chi connectivity index (χ2n) is 4.87. The average molecular weight is 395 g/mol. The molecular weight excluding hydrogens is 382 g/mol. The number of halogens is 2. The van der Waals surface area contributed by atoms with Gasteiger partial charge in [0.1, 0.15) is 11.4 Å². The quantitative estimate of drug-likeness (QED) is 0.734. The van der Waals surface area contributed by atoms with Crippen LogP contribution in [0.3, 0.4) is 0 Å². The first-order valence-corrected chi connectivity index (χ1v) is 7.99. The molecule has 1 N–H and O–H groups in total. The summed E-state index contributed by atoms with van der Waals surface area (Å²) >= 11 is 9.32. The summed E-state index contributed by atoms with van der Waals surface area (Å²) in [6.07, 6.45) is 3.61. The Kier molecular flexibility index (Phi) is 4.54. The second-order valence-corrected chi connectivity index (χ2v) is 6.16. The molecule has 0 fully saturated rings. The van der Waals surface area contributed by atoms with Crippen LogP contribution in [0.4, 0.5) is 0 Å². The lowest BCUT2D eigenvalue weighted by molar-refractivity contribution is 0.0949. The van der Waals surface area contributed by atoms with Crippen molar-refractivity contribution in [1.82, 2.24) is 14.7 Å². The van der Waals surface area contributed by atoms with E-state index in [4.69, 9.17) is 16.3 Å². The number of rotatable bonds is 4. The van der Waals surface area contributed by atoms with Crippen LogP contribution >= 0.6 is 27.5 Å². The van der Waals surface area contributed by atoms with Crippen LogP contribution in [0.2, 0.25) is 5.02 Å². The van der Waals surface area contributed by atoms with Crippen molar-refractivity contribution in [2.24, 2.45) is 0 Å². The van der Waals surface area contributed by atoms with Crippen molar-refractivity contribution < 1.29 is 9.53 Å². The fourth-order valence-corrected chi connectivity index (χ4v) is 2.77. The predicted molar refractivity (Wildman–Crippen MR) is 92.1 cm³/mol. The maximum Gasteiger partial charge on any atom is 0.252 e. The number of imidazole rings is 1. The number of ether oxygens (including phenoxy) is 1. The molecule has 118 valence electrons. The van der Waals surface area contributed by atoms with Gasteiger partial charge in [-0.1, -0.05) is 11.6 Å². The highest BCUT2D eigenvalue weighted by Gasteiger charge is 2.12. The normalized spacial score (nSPS) is 10.7. The van der Waals surface area contributed by atoms with Crippen LogP contribution in [0.5, 0.6) is 5.75 Å². The van der Waals surface area contributed by atoms with E-state index in [1.54, 1.807) is 37.6 Å². The third-order valence-electron chi connectivity index (χ3n) is 3.31. The monoisotopic (exact) mass is 393 g/mol. The molecule has 0 atom stereocenters. The summed E-state index contributed by atoms with van der Waals surface area (Å²) in [4.78, 5) is 16.8. The van der Waals surface area contributed by atoms with E-state index in [1.807, 2.05) is 16.7 Å². The Morgan fingerprint density at radius 1 is 1.35 bits per heavy atom. The molecule has 1 amide bonds. The fraction of sp³-hybridized carbons (Fsp3) is 0.125. The first-order chi connectivity index (χ1) is 11.1. The molecule has 0 aliphatic carbocycles. The van der Waals surface area contributed by atoms with Gasteiger partial charge in [-0.15, -0.1) is 0 Å². The van der Waals surface area contributed by atoms with Gasteiger partial charge in [-0.2, -0.15) is 0 Å². The largest absolute Gasteiger partial charge is 0.497 e. The molecular formula is C16H13BrClN3O2. The molecule has 3 aromatic rings. The minimum Gasteiger partial charge on any atom is -0.497 e. The predicted octanol–water partition coefficient (Wildman–Crippen LogP) is 3.69. The average Bonchev–Trinajstić information content (AvgIpc) is 2.95. The molecule has 5 nitrogen and oxygen atoms in total. The van der Waals surface area contributed by atoms with Crippen LogP contribution in [0.1, 0.15) is 16.1 Å². The molecule has 0 saturated heterocycles. The summed E-state index contributed by atoms with van der Waals surface area (Å²) in [5, 5.41) is 3.48. The van der Waals surface area contributed by atoms with Crippen LogP contribution in [0.15, 0.2) is 47.2 Å². The molecule has 0 aliphatic rings. The molecule has 2 heterocycles. The number of pyridine rings is 1. The number of carbonyl (C=O) groups excluding carboxylic acids is 1. The second kappa shape index (κ2) is 6.60. The molecule has 23 heavy (non-hydrogen) atoms. The highest BCUT2D eigenvalue weighted by atomic mass is 79.9. The topological polar surface area (TPSA) is 55.6 Å². The smallest absolute Gasteiger partial charge is 0.252 e. The van der Waals surface area contributed by atoms with Crippen LogP contribution in [-0.4, -0.2) is 22.4 Å². The van der Waals surface area contributed by atoms with Crippen LogP contribution in [0.25, 0.3) is 5.65 Å². The maximum atomic E-state index is 12.3. The molecule has 3 rings (SSSR count). The fourth-order valence-electron chi connectivity index (χ4n) is 2.17. The molecule has 7 heteroatoms. The van der Waals surface area contributed by atoms with Crippen LogP contribution < -0.4 is 10.1 Å². The number of aromatic nitrogens is 2. The third kappa shape index (κ3) is 3.48. The van der Waals surface area contributed by atoms with Gasteiger partial charge in [-0.25, -0.2) is 4.98 Å². The number of carbonyl (C=O) groups is 1. The van der Waals surface area contributed by atoms with Crippen molar-refractivity contribution in [3.8, 4) is 5.75 Å². The van der Waals surface area contributed by atoms with Gasteiger partial charge in [0, 0.05) is 16.9 Å². The third-order valence-corrected chi connectivity index (χ3v) is 4.23. The van der Waals surface area contributed by atoms with Gasteiger partial charge in [0.05, 0.1) is 29.9 Å². The number of hydrogen-bond acceptors (Lipinski definition) is 3. The van der Waals surface area contributed by atoms with Crippen molar-refractivity contribution >= 4 is 39.1 Å². The number of hydrogen-bond donors (Lipinski definition) is 1. The Morgan fingerprint density at radius 3 is 2.96 bits per heavy atom. The molecule has 0 spiro atoms. The number of fused-ring (bicyclic) bond motifs is 1. The number of amides is 1. The highest BCUT2D eigenvalue weighted by molar-refractivity contribution is 9.10. The Bertz CT molecular complexity index is 879. The Labute approximate surface area is 146 Å². The van der Waals surface area contributed by atoms with Crippen LogP contribution in [0, 0.1) is 0 Å². The Balaban J connectivity index is 1.75. The van der Waals surface area contributed by atoms with Crippen molar-refractivity contribution in [3.05, 3.63) is 63.5 Å². The van der Waals surface area contributed by atoms with E-state index in [0.29, 0.717) is 27.4 Å². The standard InChI is InChI=1S/C16H13BrClN3O2/c1-23-12-3-4-14(17)13(6-12)16(22)19-7-11-9-21-8-10(18)2-5-15(21)20-11/h2-6,8-9H,7H2,1H3,(H,19,22). The van der Waals surface area contributed by atoms with Gasteiger partial charge in [0.2, 0.25) is 0 Å². The van der Waals surface area contributed by atoms with Gasteiger partial charge < -0.3 is 14.5 Å². The van der Waals surface area contributed by atoms with E-state index in [9.17, 15) is 4.79 Å². The molecule has 0 unspecified atom stereocenters. The maximum absolute atomic E-state index is 12.3. The summed E-state index contributed by atoms with van der Waals surface area (Å²) in [5.41, 5.74) is 2.04. The lowest BCUT2D eigenvalue weighted by Gasteiger charge is -2.07. The van der Waals surface area contributed by atoms with Crippen LogP contribution in [-0.2, 0) is 6.54 Å².